The lowest BCUT2D eigenvalue weighted by Crippen LogP contribution is -2.49. The van der Waals surface area contributed by atoms with Crippen LogP contribution in [0, 0.1) is 0 Å². The number of amides is 1. The lowest BCUT2D eigenvalue weighted by Gasteiger charge is -2.37. The number of carbonyl (C=O) groups excluding carboxylic acids is 1. The van der Waals surface area contributed by atoms with Gasteiger partial charge < -0.3 is 24.3 Å². The summed E-state index contributed by atoms with van der Waals surface area (Å²) in [5, 5.41) is 3.62. The summed E-state index contributed by atoms with van der Waals surface area (Å²) in [6, 6.07) is 26.0. The fourth-order valence-electron chi connectivity index (χ4n) is 5.15. The van der Waals surface area contributed by atoms with Gasteiger partial charge in [-0.1, -0.05) is 36.4 Å². The molecule has 0 radical (unpaired) electrons. The molecule has 0 fully saturated rings. The number of anilines is 2. The number of fused-ring (bicyclic) bond motifs is 7. The molecule has 3 aliphatic heterocycles. The first-order chi connectivity index (χ1) is 15.8. The van der Waals surface area contributed by atoms with Gasteiger partial charge in [0.1, 0.15) is 0 Å². The monoisotopic (exact) mass is 421 g/mol. The average Bonchev–Trinajstić information content (AvgIpc) is 3.55. The number of ether oxygens (including phenoxy) is 2. The standard InChI is InChI=1S/C26H19N3O3/c30-25-26(24-10-5-13-28(24)21-9-4-2-7-19(21)27-26)18-6-1-3-8-20(18)29(25)15-17-11-12-22-23(14-17)32-16-31-22/h1-14,27H,15-16H2. The number of aromatic nitrogens is 1. The lowest BCUT2D eigenvalue weighted by atomic mass is 9.85. The van der Waals surface area contributed by atoms with Crippen molar-refractivity contribution in [1.29, 1.82) is 0 Å². The molecule has 6 heteroatoms. The first kappa shape index (κ1) is 17.5. The van der Waals surface area contributed by atoms with Gasteiger partial charge in [0.2, 0.25) is 6.79 Å². The summed E-state index contributed by atoms with van der Waals surface area (Å²) in [6.45, 7) is 0.673. The van der Waals surface area contributed by atoms with E-state index in [-0.39, 0.29) is 12.7 Å². The molecule has 4 aromatic rings. The molecule has 0 aliphatic carbocycles. The number of benzene rings is 3. The molecule has 1 unspecified atom stereocenters. The summed E-state index contributed by atoms with van der Waals surface area (Å²) in [5.74, 6) is 1.46. The summed E-state index contributed by atoms with van der Waals surface area (Å²) in [7, 11) is 0. The number of rotatable bonds is 2. The highest BCUT2D eigenvalue weighted by molar-refractivity contribution is 6.12. The fourth-order valence-corrected chi connectivity index (χ4v) is 5.15. The Morgan fingerprint density at radius 3 is 2.62 bits per heavy atom. The van der Waals surface area contributed by atoms with Crippen molar-refractivity contribution >= 4 is 17.3 Å². The third-order valence-electron chi connectivity index (χ3n) is 6.56. The van der Waals surface area contributed by atoms with E-state index in [2.05, 4.69) is 16.0 Å². The molecule has 0 bridgehead atoms. The third-order valence-corrected chi connectivity index (χ3v) is 6.56. The smallest absolute Gasteiger partial charge is 0.264 e. The van der Waals surface area contributed by atoms with Crippen LogP contribution in [0.5, 0.6) is 11.5 Å². The van der Waals surface area contributed by atoms with Crippen molar-refractivity contribution in [2.24, 2.45) is 0 Å². The van der Waals surface area contributed by atoms with Gasteiger partial charge in [-0.3, -0.25) is 4.79 Å². The van der Waals surface area contributed by atoms with E-state index in [9.17, 15) is 4.79 Å². The maximum Gasteiger partial charge on any atom is 0.264 e. The fraction of sp³-hybridized carbons (Fsp3) is 0.115. The predicted octanol–water partition coefficient (Wildman–Crippen LogP) is 4.42. The SMILES string of the molecule is O=C1N(Cc2ccc3c(c2)OCO3)c2ccccc2C12Nc1ccccc1-n1cccc12. The molecule has 1 amide bonds. The Kier molecular flexibility index (Phi) is 3.37. The lowest BCUT2D eigenvalue weighted by molar-refractivity contribution is -0.121. The minimum Gasteiger partial charge on any atom is -0.454 e. The number of nitrogens with zero attached hydrogens (tertiary/aromatic N) is 2. The molecule has 6 nitrogen and oxygen atoms in total. The second-order valence-corrected chi connectivity index (χ2v) is 8.25. The molecule has 1 atom stereocenters. The van der Waals surface area contributed by atoms with Gasteiger partial charge >= 0.3 is 0 Å². The second kappa shape index (κ2) is 6.17. The molecule has 156 valence electrons. The Balaban J connectivity index is 1.38. The van der Waals surface area contributed by atoms with Crippen LogP contribution < -0.4 is 19.7 Å². The molecule has 32 heavy (non-hydrogen) atoms. The zero-order chi connectivity index (χ0) is 21.3. The molecule has 4 heterocycles. The van der Waals surface area contributed by atoms with E-state index in [1.165, 1.54) is 0 Å². The Hall–Kier alpha value is -4.19. The normalized spacial score (nSPS) is 19.5. The molecule has 1 N–H and O–H groups in total. The van der Waals surface area contributed by atoms with Crippen molar-refractivity contribution < 1.29 is 14.3 Å². The van der Waals surface area contributed by atoms with E-state index in [1.54, 1.807) is 0 Å². The number of para-hydroxylation sites is 3. The summed E-state index contributed by atoms with van der Waals surface area (Å²) in [4.78, 5) is 16.1. The highest BCUT2D eigenvalue weighted by Crippen LogP contribution is 2.50. The Morgan fingerprint density at radius 2 is 1.69 bits per heavy atom. The number of carbonyl (C=O) groups is 1. The van der Waals surface area contributed by atoms with Crippen molar-refractivity contribution in [2.45, 2.75) is 12.1 Å². The molecule has 1 aromatic heterocycles. The summed E-state index contributed by atoms with van der Waals surface area (Å²) < 4.78 is 13.1. The van der Waals surface area contributed by atoms with Crippen molar-refractivity contribution in [3.8, 4) is 17.2 Å². The van der Waals surface area contributed by atoms with Gasteiger partial charge in [-0.05, 0) is 48.0 Å². The Bertz CT molecular complexity index is 1410. The van der Waals surface area contributed by atoms with Gasteiger partial charge in [0.05, 0.1) is 29.3 Å². The zero-order valence-electron chi connectivity index (χ0n) is 17.1. The minimum atomic E-state index is -0.981. The van der Waals surface area contributed by atoms with Crippen molar-refractivity contribution in [2.75, 3.05) is 17.0 Å². The summed E-state index contributed by atoms with van der Waals surface area (Å²) in [6.07, 6.45) is 2.02. The first-order valence-corrected chi connectivity index (χ1v) is 10.6. The highest BCUT2D eigenvalue weighted by Gasteiger charge is 2.55. The van der Waals surface area contributed by atoms with Crippen molar-refractivity contribution in [3.63, 3.8) is 0 Å². The quantitative estimate of drug-likeness (QED) is 0.521. The highest BCUT2D eigenvalue weighted by atomic mass is 16.7. The first-order valence-electron chi connectivity index (χ1n) is 10.6. The van der Waals surface area contributed by atoms with Crippen LogP contribution >= 0.6 is 0 Å². The van der Waals surface area contributed by atoms with Gasteiger partial charge in [0, 0.05) is 11.8 Å². The maximum absolute atomic E-state index is 14.2. The maximum atomic E-state index is 14.2. The van der Waals surface area contributed by atoms with Crippen molar-refractivity contribution in [3.05, 3.63) is 102 Å². The van der Waals surface area contributed by atoms with E-state index in [0.717, 1.165) is 45.4 Å². The molecule has 3 aliphatic rings. The largest absolute Gasteiger partial charge is 0.454 e. The molecule has 1 spiro atoms. The number of hydrogen-bond donors (Lipinski definition) is 1. The van der Waals surface area contributed by atoms with Crippen LogP contribution in [0.15, 0.2) is 85.1 Å². The van der Waals surface area contributed by atoms with E-state index in [0.29, 0.717) is 6.54 Å². The minimum absolute atomic E-state index is 0.00539. The van der Waals surface area contributed by atoms with Crippen LogP contribution in [0.2, 0.25) is 0 Å². The van der Waals surface area contributed by atoms with Gasteiger partial charge in [0.25, 0.3) is 5.91 Å². The van der Waals surface area contributed by atoms with E-state index in [4.69, 9.17) is 9.47 Å². The summed E-state index contributed by atoms with van der Waals surface area (Å²) >= 11 is 0. The second-order valence-electron chi connectivity index (χ2n) is 8.25. The van der Waals surface area contributed by atoms with Crippen LogP contribution in [0.1, 0.15) is 16.8 Å². The molecule has 0 saturated heterocycles. The topological polar surface area (TPSA) is 55.7 Å². The Labute approximate surface area is 184 Å². The molecular formula is C26H19N3O3. The third kappa shape index (κ3) is 2.16. The Morgan fingerprint density at radius 1 is 0.875 bits per heavy atom. The van der Waals surface area contributed by atoms with Crippen LogP contribution in [-0.4, -0.2) is 17.3 Å². The van der Waals surface area contributed by atoms with Crippen LogP contribution in [0.4, 0.5) is 11.4 Å². The van der Waals surface area contributed by atoms with Gasteiger partial charge in [0.15, 0.2) is 17.0 Å². The van der Waals surface area contributed by atoms with Crippen LogP contribution in [0.25, 0.3) is 5.69 Å². The molecule has 3 aromatic carbocycles. The number of nitrogens with one attached hydrogen (secondary N) is 1. The van der Waals surface area contributed by atoms with E-state index < -0.39 is 5.54 Å². The molecule has 7 rings (SSSR count). The van der Waals surface area contributed by atoms with Crippen LogP contribution in [-0.2, 0) is 16.9 Å². The molecular weight excluding hydrogens is 402 g/mol. The van der Waals surface area contributed by atoms with Gasteiger partial charge in [-0.2, -0.15) is 0 Å². The zero-order valence-corrected chi connectivity index (χ0v) is 17.1. The van der Waals surface area contributed by atoms with Crippen molar-refractivity contribution in [1.82, 2.24) is 4.57 Å². The van der Waals surface area contributed by atoms with E-state index in [1.807, 2.05) is 83.9 Å². The number of hydrogen-bond acceptors (Lipinski definition) is 4. The predicted molar refractivity (Wildman–Crippen MR) is 120 cm³/mol. The van der Waals surface area contributed by atoms with Gasteiger partial charge in [-0.25, -0.2) is 0 Å². The van der Waals surface area contributed by atoms with Gasteiger partial charge in [-0.15, -0.1) is 0 Å². The van der Waals surface area contributed by atoms with E-state index >= 15 is 0 Å². The molecule has 0 saturated carbocycles. The average molecular weight is 421 g/mol. The van der Waals surface area contributed by atoms with Crippen LogP contribution in [0.3, 0.4) is 0 Å². The summed E-state index contributed by atoms with van der Waals surface area (Å²) in [5.41, 5.74) is 4.77.